The molecule has 0 spiro atoms. The molecule has 3 aromatic rings. The summed E-state index contributed by atoms with van der Waals surface area (Å²) in [7, 11) is -3.31. The smallest absolute Gasteiger partial charge is 0.228 e. The van der Waals surface area contributed by atoms with Crippen LogP contribution in [0.3, 0.4) is 0 Å². The number of carbonyl (C=O) groups is 3. The minimum absolute atomic E-state index is 0.00751. The normalized spacial score (nSPS) is 12.8. The highest BCUT2D eigenvalue weighted by Gasteiger charge is 2.31. The van der Waals surface area contributed by atoms with Gasteiger partial charge in [0.05, 0.1) is 22.6 Å². The first-order valence-corrected chi connectivity index (χ1v) is 11.0. The molecule has 0 unspecified atom stereocenters. The van der Waals surface area contributed by atoms with E-state index in [1.165, 1.54) is 12.1 Å². The van der Waals surface area contributed by atoms with Crippen molar-refractivity contribution in [2.24, 2.45) is 0 Å². The molecular weight excluding hydrogens is 402 g/mol. The molecule has 0 heterocycles. The van der Waals surface area contributed by atoms with E-state index in [0.717, 1.165) is 6.26 Å². The van der Waals surface area contributed by atoms with Crippen LogP contribution in [0.1, 0.15) is 37.4 Å². The van der Waals surface area contributed by atoms with E-state index < -0.39 is 9.84 Å². The molecule has 7 heteroatoms. The number of hydrogen-bond donors (Lipinski definition) is 1. The van der Waals surface area contributed by atoms with Gasteiger partial charge in [-0.25, -0.2) is 8.42 Å². The van der Waals surface area contributed by atoms with Gasteiger partial charge in [0.1, 0.15) is 0 Å². The summed E-state index contributed by atoms with van der Waals surface area (Å²) in [5.41, 5.74) is 2.00. The largest absolute Gasteiger partial charge is 0.325 e. The molecule has 0 radical (unpaired) electrons. The molecule has 0 saturated heterocycles. The second kappa shape index (κ2) is 7.35. The van der Waals surface area contributed by atoms with Crippen molar-refractivity contribution >= 4 is 33.0 Å². The third-order valence-electron chi connectivity index (χ3n) is 4.94. The van der Waals surface area contributed by atoms with Crippen LogP contribution in [0, 0.1) is 0 Å². The van der Waals surface area contributed by atoms with Gasteiger partial charge in [-0.05, 0) is 23.8 Å². The molecule has 1 amide bonds. The molecule has 1 aliphatic rings. The first kappa shape index (κ1) is 19.7. The van der Waals surface area contributed by atoms with Gasteiger partial charge in [-0.3, -0.25) is 14.4 Å². The number of nitrogens with one attached hydrogen (secondary N) is 1. The maximum Gasteiger partial charge on any atom is 0.228 e. The van der Waals surface area contributed by atoms with Crippen molar-refractivity contribution in [2.45, 2.75) is 11.3 Å². The highest BCUT2D eigenvalue weighted by atomic mass is 32.2. The van der Waals surface area contributed by atoms with Crippen LogP contribution >= 0.6 is 0 Å². The number of amides is 1. The van der Waals surface area contributed by atoms with Crippen LogP contribution in [0.2, 0.25) is 0 Å². The Hall–Kier alpha value is -3.58. The van der Waals surface area contributed by atoms with Crippen molar-refractivity contribution in [1.82, 2.24) is 0 Å². The highest BCUT2D eigenvalue weighted by Crippen LogP contribution is 2.32. The molecule has 6 nitrogen and oxygen atoms in total. The fourth-order valence-electron chi connectivity index (χ4n) is 3.48. The van der Waals surface area contributed by atoms with Gasteiger partial charge < -0.3 is 5.32 Å². The molecule has 1 aliphatic carbocycles. The van der Waals surface area contributed by atoms with Crippen molar-refractivity contribution in [1.29, 1.82) is 0 Å². The molecule has 4 rings (SSSR count). The van der Waals surface area contributed by atoms with Gasteiger partial charge in [0.15, 0.2) is 21.4 Å². The van der Waals surface area contributed by atoms with Crippen LogP contribution < -0.4 is 5.32 Å². The van der Waals surface area contributed by atoms with Crippen molar-refractivity contribution in [3.63, 3.8) is 0 Å². The number of ketones is 2. The van der Waals surface area contributed by atoms with Crippen molar-refractivity contribution in [3.05, 3.63) is 94.5 Å². The molecule has 0 aliphatic heterocycles. The zero-order valence-corrected chi connectivity index (χ0v) is 16.8. The molecule has 0 bridgehead atoms. The lowest BCUT2D eigenvalue weighted by molar-refractivity contribution is -0.115. The predicted octanol–water partition coefficient (Wildman–Crippen LogP) is 3.05. The summed E-state index contributed by atoms with van der Waals surface area (Å²) in [4.78, 5) is 38.5. The van der Waals surface area contributed by atoms with Gasteiger partial charge in [0.2, 0.25) is 5.91 Å². The molecule has 0 saturated carbocycles. The summed E-state index contributed by atoms with van der Waals surface area (Å²) in [6.45, 7) is 0. The van der Waals surface area contributed by atoms with E-state index in [-0.39, 0.29) is 45.6 Å². The third kappa shape index (κ3) is 3.55. The van der Waals surface area contributed by atoms with E-state index in [1.807, 2.05) is 0 Å². The average Bonchev–Trinajstić information content (AvgIpc) is 2.71. The van der Waals surface area contributed by atoms with E-state index in [0.29, 0.717) is 16.7 Å². The predicted molar refractivity (Wildman–Crippen MR) is 112 cm³/mol. The lowest BCUT2D eigenvalue weighted by Crippen LogP contribution is -2.24. The van der Waals surface area contributed by atoms with Crippen LogP contribution in [-0.2, 0) is 21.1 Å². The number of anilines is 1. The van der Waals surface area contributed by atoms with Crippen LogP contribution in [-0.4, -0.2) is 32.1 Å². The quantitative estimate of drug-likeness (QED) is 0.548. The Labute approximate surface area is 173 Å². The Kier molecular flexibility index (Phi) is 4.83. The molecular formula is C23H17NO5S. The van der Waals surface area contributed by atoms with Crippen LogP contribution in [0.5, 0.6) is 0 Å². The SMILES string of the molecule is CS(=O)(=O)c1ccc(CC(=O)Nc2cccc3c2C(=O)c2ccccc2C3=O)cc1. The zero-order valence-electron chi connectivity index (χ0n) is 16.0. The summed E-state index contributed by atoms with van der Waals surface area (Å²) in [6.07, 6.45) is 1.11. The second-order valence-corrected chi connectivity index (χ2v) is 9.09. The Balaban J connectivity index is 1.60. The number of rotatable bonds is 4. The molecule has 0 atom stereocenters. The summed E-state index contributed by atoms with van der Waals surface area (Å²) in [5.74, 6) is -0.948. The van der Waals surface area contributed by atoms with Gasteiger partial charge in [-0.15, -0.1) is 0 Å². The number of carbonyl (C=O) groups excluding carboxylic acids is 3. The van der Waals surface area contributed by atoms with E-state index >= 15 is 0 Å². The topological polar surface area (TPSA) is 97.4 Å². The Morgan fingerprint density at radius 3 is 2.03 bits per heavy atom. The molecule has 0 aromatic heterocycles. The number of sulfone groups is 1. The average molecular weight is 419 g/mol. The maximum atomic E-state index is 13.0. The highest BCUT2D eigenvalue weighted by molar-refractivity contribution is 7.90. The second-order valence-electron chi connectivity index (χ2n) is 7.07. The van der Waals surface area contributed by atoms with Gasteiger partial charge in [-0.2, -0.15) is 0 Å². The summed E-state index contributed by atoms with van der Waals surface area (Å²) < 4.78 is 23.1. The Bertz CT molecular complexity index is 1310. The number of fused-ring (bicyclic) bond motifs is 2. The Morgan fingerprint density at radius 1 is 0.800 bits per heavy atom. The first-order chi connectivity index (χ1) is 14.3. The summed E-state index contributed by atoms with van der Waals surface area (Å²) >= 11 is 0. The molecule has 3 aromatic carbocycles. The van der Waals surface area contributed by atoms with E-state index in [2.05, 4.69) is 5.32 Å². The molecule has 150 valence electrons. The van der Waals surface area contributed by atoms with Crippen LogP contribution in [0.15, 0.2) is 71.6 Å². The van der Waals surface area contributed by atoms with E-state index in [1.54, 1.807) is 54.6 Å². The minimum Gasteiger partial charge on any atom is -0.325 e. The van der Waals surface area contributed by atoms with Crippen molar-refractivity contribution < 1.29 is 22.8 Å². The van der Waals surface area contributed by atoms with E-state index in [4.69, 9.17) is 0 Å². The fourth-order valence-corrected chi connectivity index (χ4v) is 4.11. The van der Waals surface area contributed by atoms with Crippen LogP contribution in [0.4, 0.5) is 5.69 Å². The standard InChI is InChI=1S/C23H17NO5S/c1-30(28,29)15-11-9-14(10-12-15)13-20(25)24-19-8-4-7-18-21(19)23(27)17-6-3-2-5-16(17)22(18)26/h2-12H,13H2,1H3,(H,24,25). The number of hydrogen-bond acceptors (Lipinski definition) is 5. The Morgan fingerprint density at radius 2 is 1.40 bits per heavy atom. The lowest BCUT2D eigenvalue weighted by Gasteiger charge is -2.20. The first-order valence-electron chi connectivity index (χ1n) is 9.16. The van der Waals surface area contributed by atoms with Gasteiger partial charge in [-0.1, -0.05) is 48.5 Å². The van der Waals surface area contributed by atoms with Crippen molar-refractivity contribution in [3.8, 4) is 0 Å². The minimum atomic E-state index is -3.31. The van der Waals surface area contributed by atoms with Crippen molar-refractivity contribution in [2.75, 3.05) is 11.6 Å². The number of benzene rings is 3. The molecule has 30 heavy (non-hydrogen) atoms. The monoisotopic (exact) mass is 419 g/mol. The third-order valence-corrected chi connectivity index (χ3v) is 6.07. The zero-order chi connectivity index (χ0) is 21.5. The lowest BCUT2D eigenvalue weighted by atomic mass is 9.83. The summed E-state index contributed by atoms with van der Waals surface area (Å²) in [6, 6.07) is 17.4. The van der Waals surface area contributed by atoms with Gasteiger partial charge in [0.25, 0.3) is 0 Å². The van der Waals surface area contributed by atoms with E-state index in [9.17, 15) is 22.8 Å². The molecule has 0 fully saturated rings. The maximum absolute atomic E-state index is 13.0. The van der Waals surface area contributed by atoms with Gasteiger partial charge in [0, 0.05) is 22.9 Å². The molecule has 1 N–H and O–H groups in total. The fraction of sp³-hybridized carbons (Fsp3) is 0.0870. The van der Waals surface area contributed by atoms with Gasteiger partial charge >= 0.3 is 0 Å². The van der Waals surface area contributed by atoms with Crippen LogP contribution in [0.25, 0.3) is 0 Å². The summed E-state index contributed by atoms with van der Waals surface area (Å²) in [5, 5.41) is 2.71.